The topological polar surface area (TPSA) is 89.2 Å². The summed E-state index contributed by atoms with van der Waals surface area (Å²) in [7, 11) is 4.69. The Hall–Kier alpha value is -2.44. The lowest BCUT2D eigenvalue weighted by Crippen LogP contribution is -2.40. The van der Waals surface area contributed by atoms with Gasteiger partial charge in [0, 0.05) is 19.7 Å². The minimum atomic E-state index is -0.481. The van der Waals surface area contributed by atoms with Gasteiger partial charge in [-0.25, -0.2) is 4.79 Å². The molecule has 0 atom stereocenters. The van der Waals surface area contributed by atoms with Crippen molar-refractivity contribution in [2.75, 3.05) is 32.7 Å². The molecule has 1 saturated carbocycles. The first-order valence-corrected chi connectivity index (χ1v) is 7.14. The minimum absolute atomic E-state index is 0.148. The van der Waals surface area contributed by atoms with Gasteiger partial charge in [0.05, 0.1) is 19.9 Å². The summed E-state index contributed by atoms with van der Waals surface area (Å²) in [6.07, 6.45) is 2.31. The van der Waals surface area contributed by atoms with Crippen LogP contribution in [-0.4, -0.2) is 39.8 Å². The SMILES string of the molecule is CNC(=O)N=C(N)N(CC1CC1)c1ccc(OC)cc1OC. The van der Waals surface area contributed by atoms with Gasteiger partial charge in [-0.2, -0.15) is 4.99 Å². The molecule has 1 aliphatic carbocycles. The number of nitrogens with two attached hydrogens (primary N) is 1. The summed E-state index contributed by atoms with van der Waals surface area (Å²) in [4.78, 5) is 17.1. The molecule has 1 aliphatic rings. The van der Waals surface area contributed by atoms with Gasteiger partial charge in [-0.15, -0.1) is 0 Å². The molecule has 3 N–H and O–H groups in total. The van der Waals surface area contributed by atoms with Crippen LogP contribution >= 0.6 is 0 Å². The van der Waals surface area contributed by atoms with Crippen molar-refractivity contribution in [3.63, 3.8) is 0 Å². The van der Waals surface area contributed by atoms with Crippen LogP contribution in [-0.2, 0) is 0 Å². The fraction of sp³-hybridized carbons (Fsp3) is 0.467. The van der Waals surface area contributed by atoms with Gasteiger partial charge in [-0.05, 0) is 30.9 Å². The Bertz CT molecular complexity index is 570. The first kappa shape index (κ1) is 15.9. The van der Waals surface area contributed by atoms with Crippen LogP contribution in [0.1, 0.15) is 12.8 Å². The Morgan fingerprint density at radius 1 is 1.41 bits per heavy atom. The molecule has 0 saturated heterocycles. The summed E-state index contributed by atoms with van der Waals surface area (Å²) in [5.41, 5.74) is 6.79. The zero-order valence-electron chi connectivity index (χ0n) is 13.1. The molecule has 0 spiro atoms. The molecule has 1 fully saturated rings. The highest BCUT2D eigenvalue weighted by Gasteiger charge is 2.28. The number of rotatable bonds is 5. The summed E-state index contributed by atoms with van der Waals surface area (Å²) < 4.78 is 10.6. The van der Waals surface area contributed by atoms with Gasteiger partial charge in [0.1, 0.15) is 11.5 Å². The first-order chi connectivity index (χ1) is 10.6. The molecule has 1 aromatic carbocycles. The average Bonchev–Trinajstić information content (AvgIpc) is 3.35. The smallest absolute Gasteiger partial charge is 0.343 e. The Morgan fingerprint density at radius 3 is 2.68 bits per heavy atom. The largest absolute Gasteiger partial charge is 0.497 e. The lowest BCUT2D eigenvalue weighted by Gasteiger charge is -2.25. The molecule has 0 heterocycles. The molecular formula is C15H22N4O3. The van der Waals surface area contributed by atoms with Gasteiger partial charge in [-0.3, -0.25) is 0 Å². The van der Waals surface area contributed by atoms with Crippen LogP contribution in [0.2, 0.25) is 0 Å². The van der Waals surface area contributed by atoms with Crippen molar-refractivity contribution >= 4 is 17.7 Å². The van der Waals surface area contributed by atoms with Crippen LogP contribution in [0.3, 0.4) is 0 Å². The molecular weight excluding hydrogens is 284 g/mol. The van der Waals surface area contributed by atoms with Gasteiger partial charge < -0.3 is 25.4 Å². The molecule has 0 unspecified atom stereocenters. The van der Waals surface area contributed by atoms with Crippen LogP contribution in [0, 0.1) is 5.92 Å². The van der Waals surface area contributed by atoms with E-state index in [1.165, 1.54) is 7.05 Å². The number of aliphatic imine (C=N–C) groups is 1. The summed E-state index contributed by atoms with van der Waals surface area (Å²) in [5.74, 6) is 2.02. The Labute approximate surface area is 130 Å². The number of amides is 2. The maximum absolute atomic E-state index is 11.5. The van der Waals surface area contributed by atoms with Crippen molar-refractivity contribution in [1.82, 2.24) is 5.32 Å². The van der Waals surface area contributed by atoms with E-state index in [0.29, 0.717) is 24.0 Å². The zero-order chi connectivity index (χ0) is 16.1. The number of nitrogens with one attached hydrogen (secondary N) is 1. The number of anilines is 1. The predicted molar refractivity (Wildman–Crippen MR) is 85.7 cm³/mol. The number of methoxy groups -OCH3 is 2. The number of nitrogens with zero attached hydrogens (tertiary/aromatic N) is 2. The van der Waals surface area contributed by atoms with Gasteiger partial charge in [0.2, 0.25) is 5.96 Å². The van der Waals surface area contributed by atoms with E-state index in [0.717, 1.165) is 18.5 Å². The van der Waals surface area contributed by atoms with Crippen LogP contribution in [0.15, 0.2) is 23.2 Å². The minimum Gasteiger partial charge on any atom is -0.497 e. The maximum Gasteiger partial charge on any atom is 0.343 e. The van der Waals surface area contributed by atoms with Crippen molar-refractivity contribution < 1.29 is 14.3 Å². The van der Waals surface area contributed by atoms with E-state index in [2.05, 4.69) is 10.3 Å². The number of carbonyl (C=O) groups excluding carboxylic acids is 1. The van der Waals surface area contributed by atoms with Gasteiger partial charge in [-0.1, -0.05) is 0 Å². The highest BCUT2D eigenvalue weighted by Crippen LogP contribution is 2.36. The van der Waals surface area contributed by atoms with E-state index in [1.54, 1.807) is 20.3 Å². The standard InChI is InChI=1S/C15H22N4O3/c1-17-15(20)18-14(16)19(9-10-4-5-10)12-7-6-11(21-2)8-13(12)22-3/h6-8,10H,4-5,9H2,1-3H3,(H3,16,17,18,20). The van der Waals surface area contributed by atoms with Crippen molar-refractivity contribution in [3.8, 4) is 11.5 Å². The number of carbonyl (C=O) groups is 1. The van der Waals surface area contributed by atoms with E-state index >= 15 is 0 Å². The number of guanidine groups is 1. The lowest BCUT2D eigenvalue weighted by molar-refractivity contribution is 0.251. The van der Waals surface area contributed by atoms with Crippen LogP contribution in [0.25, 0.3) is 0 Å². The molecule has 0 radical (unpaired) electrons. The third-order valence-corrected chi connectivity index (χ3v) is 3.52. The molecule has 2 amide bonds. The Balaban J connectivity index is 2.35. The van der Waals surface area contributed by atoms with E-state index in [4.69, 9.17) is 15.2 Å². The van der Waals surface area contributed by atoms with Gasteiger partial charge in [0.25, 0.3) is 0 Å². The van der Waals surface area contributed by atoms with Crippen molar-refractivity contribution in [1.29, 1.82) is 0 Å². The second-order valence-corrected chi connectivity index (χ2v) is 5.12. The maximum atomic E-state index is 11.5. The van der Waals surface area contributed by atoms with Crippen LogP contribution in [0.5, 0.6) is 11.5 Å². The number of hydrogen-bond acceptors (Lipinski definition) is 3. The molecule has 7 heteroatoms. The van der Waals surface area contributed by atoms with Crippen molar-refractivity contribution in [2.45, 2.75) is 12.8 Å². The molecule has 0 aliphatic heterocycles. The van der Waals surface area contributed by atoms with Crippen LogP contribution in [0.4, 0.5) is 10.5 Å². The fourth-order valence-electron chi connectivity index (χ4n) is 2.10. The quantitative estimate of drug-likeness (QED) is 0.637. The predicted octanol–water partition coefficient (Wildman–Crippen LogP) is 1.57. The lowest BCUT2D eigenvalue weighted by atomic mass is 10.2. The Kier molecular flexibility index (Phi) is 5.08. The first-order valence-electron chi connectivity index (χ1n) is 7.14. The van der Waals surface area contributed by atoms with E-state index in [9.17, 15) is 4.79 Å². The summed E-state index contributed by atoms with van der Waals surface area (Å²) in [6, 6.07) is 4.98. The highest BCUT2D eigenvalue weighted by molar-refractivity contribution is 6.02. The highest BCUT2D eigenvalue weighted by atomic mass is 16.5. The number of benzene rings is 1. The summed E-state index contributed by atoms with van der Waals surface area (Å²) >= 11 is 0. The number of ether oxygens (including phenoxy) is 2. The summed E-state index contributed by atoms with van der Waals surface area (Å²) in [5, 5.41) is 2.43. The molecule has 0 aromatic heterocycles. The third-order valence-electron chi connectivity index (χ3n) is 3.52. The Morgan fingerprint density at radius 2 is 2.14 bits per heavy atom. The number of hydrogen-bond donors (Lipinski definition) is 2. The third kappa shape index (κ3) is 3.81. The second-order valence-electron chi connectivity index (χ2n) is 5.12. The zero-order valence-corrected chi connectivity index (χ0v) is 13.1. The van der Waals surface area contributed by atoms with Gasteiger partial charge >= 0.3 is 6.03 Å². The summed E-state index contributed by atoms with van der Waals surface area (Å²) in [6.45, 7) is 0.703. The van der Waals surface area contributed by atoms with Gasteiger partial charge in [0.15, 0.2) is 0 Å². The number of urea groups is 1. The molecule has 1 aromatic rings. The molecule has 0 bridgehead atoms. The van der Waals surface area contributed by atoms with Crippen molar-refractivity contribution in [3.05, 3.63) is 18.2 Å². The van der Waals surface area contributed by atoms with E-state index in [1.807, 2.05) is 17.0 Å². The molecule has 2 rings (SSSR count). The van der Waals surface area contributed by atoms with Crippen molar-refractivity contribution in [2.24, 2.45) is 16.6 Å². The molecule has 22 heavy (non-hydrogen) atoms. The molecule has 120 valence electrons. The average molecular weight is 306 g/mol. The van der Waals surface area contributed by atoms with Crippen LogP contribution < -0.4 is 25.4 Å². The van der Waals surface area contributed by atoms with E-state index < -0.39 is 6.03 Å². The molecule has 7 nitrogen and oxygen atoms in total. The monoisotopic (exact) mass is 306 g/mol. The fourth-order valence-corrected chi connectivity index (χ4v) is 2.10. The van der Waals surface area contributed by atoms with E-state index in [-0.39, 0.29) is 5.96 Å². The normalized spacial score (nSPS) is 14.4. The second kappa shape index (κ2) is 7.02.